The van der Waals surface area contributed by atoms with Gasteiger partial charge in [-0.25, -0.2) is 0 Å². The molecule has 5 rings (SSSR count). The van der Waals surface area contributed by atoms with Crippen molar-refractivity contribution >= 4 is 5.78 Å². The molecular weight excluding hydrogens is 293 g/mol. The van der Waals surface area contributed by atoms with Crippen LogP contribution in [0, 0.1) is 23.2 Å². The molecule has 5 aliphatic carbocycles. The van der Waals surface area contributed by atoms with E-state index in [0.717, 1.165) is 44.6 Å². The Hall–Kier alpha value is -0.840. The topological polar surface area (TPSA) is 37.3 Å². The number of allylic oxidation sites excluding steroid dienone is 1. The monoisotopic (exact) mass is 314 g/mol. The highest BCUT2D eigenvalue weighted by atomic mass is 19.4. The molecule has 1 N–H and O–H groups in total. The number of alkyl halides is 3. The van der Waals surface area contributed by atoms with Crippen molar-refractivity contribution in [3.63, 3.8) is 0 Å². The maximum absolute atomic E-state index is 13.2. The molecule has 5 saturated carbocycles. The van der Waals surface area contributed by atoms with Crippen LogP contribution in [-0.4, -0.2) is 22.7 Å². The lowest BCUT2D eigenvalue weighted by Gasteiger charge is -2.55. The minimum Gasteiger partial charge on any atom is -0.385 e. The molecule has 0 aliphatic heterocycles. The molecule has 0 aromatic rings. The largest absolute Gasteiger partial charge is 0.415 e. The van der Waals surface area contributed by atoms with Crippen molar-refractivity contribution in [3.8, 4) is 0 Å². The maximum Gasteiger partial charge on any atom is 0.415 e. The van der Waals surface area contributed by atoms with E-state index in [1.165, 1.54) is 0 Å². The van der Waals surface area contributed by atoms with Gasteiger partial charge in [-0.05, 0) is 75.2 Å². The standard InChI is InChI=1S/C17H21F3O2/c18-17(19,20)13(16(22)1-2-16)6-14(21)15-7-10-3-11(8-15)5-12(4-10)9-15/h6,10-12,22H,1-5,7-9H2/b13-6+. The molecule has 5 aliphatic rings. The average molecular weight is 314 g/mol. The van der Waals surface area contributed by atoms with E-state index < -0.39 is 22.8 Å². The van der Waals surface area contributed by atoms with Crippen molar-refractivity contribution in [2.24, 2.45) is 23.2 Å². The Labute approximate surface area is 127 Å². The Morgan fingerprint density at radius 3 is 1.82 bits per heavy atom. The Kier molecular flexibility index (Phi) is 2.93. The van der Waals surface area contributed by atoms with Crippen molar-refractivity contribution in [1.82, 2.24) is 0 Å². The lowest BCUT2D eigenvalue weighted by atomic mass is 9.48. The van der Waals surface area contributed by atoms with Crippen LogP contribution >= 0.6 is 0 Å². The molecule has 122 valence electrons. The molecule has 0 unspecified atom stereocenters. The molecule has 2 nitrogen and oxygen atoms in total. The van der Waals surface area contributed by atoms with Gasteiger partial charge in [0.2, 0.25) is 0 Å². The van der Waals surface area contributed by atoms with Gasteiger partial charge < -0.3 is 5.11 Å². The van der Waals surface area contributed by atoms with Crippen molar-refractivity contribution in [3.05, 3.63) is 11.6 Å². The summed E-state index contributed by atoms with van der Waals surface area (Å²) in [4.78, 5) is 12.7. The van der Waals surface area contributed by atoms with Gasteiger partial charge in [-0.2, -0.15) is 13.2 Å². The first-order valence-electron chi connectivity index (χ1n) is 8.26. The highest BCUT2D eigenvalue weighted by Gasteiger charge is 2.58. The zero-order valence-electron chi connectivity index (χ0n) is 12.5. The fourth-order valence-corrected chi connectivity index (χ4v) is 5.56. The number of rotatable bonds is 3. The molecule has 4 bridgehead atoms. The van der Waals surface area contributed by atoms with Gasteiger partial charge in [0.15, 0.2) is 5.78 Å². The third kappa shape index (κ3) is 2.24. The molecule has 0 aromatic heterocycles. The number of hydrogen-bond donors (Lipinski definition) is 1. The first-order valence-corrected chi connectivity index (χ1v) is 8.26. The molecule has 5 heteroatoms. The van der Waals surface area contributed by atoms with Crippen molar-refractivity contribution in [1.29, 1.82) is 0 Å². The molecule has 0 atom stereocenters. The van der Waals surface area contributed by atoms with E-state index in [-0.39, 0.29) is 18.6 Å². The summed E-state index contributed by atoms with van der Waals surface area (Å²) in [7, 11) is 0. The third-order valence-electron chi connectivity index (χ3n) is 6.37. The van der Waals surface area contributed by atoms with Crippen LogP contribution in [0.5, 0.6) is 0 Å². The normalized spacial score (nSPS) is 42.5. The van der Waals surface area contributed by atoms with Gasteiger partial charge in [0.25, 0.3) is 0 Å². The van der Waals surface area contributed by atoms with Gasteiger partial charge >= 0.3 is 6.18 Å². The summed E-state index contributed by atoms with van der Waals surface area (Å²) in [5, 5.41) is 9.91. The Morgan fingerprint density at radius 1 is 1.00 bits per heavy atom. The first-order chi connectivity index (χ1) is 10.2. The highest BCUT2D eigenvalue weighted by molar-refractivity contribution is 5.96. The Balaban J connectivity index is 1.65. The number of halogens is 3. The van der Waals surface area contributed by atoms with Crippen LogP contribution in [-0.2, 0) is 4.79 Å². The van der Waals surface area contributed by atoms with E-state index in [0.29, 0.717) is 17.8 Å². The van der Waals surface area contributed by atoms with Crippen LogP contribution in [0.4, 0.5) is 13.2 Å². The molecule has 0 saturated heterocycles. The second-order valence-electron chi connectivity index (χ2n) is 8.15. The zero-order chi connectivity index (χ0) is 15.8. The van der Waals surface area contributed by atoms with Crippen LogP contribution < -0.4 is 0 Å². The highest BCUT2D eigenvalue weighted by Crippen LogP contribution is 2.61. The predicted molar refractivity (Wildman–Crippen MR) is 73.9 cm³/mol. The number of hydrogen-bond acceptors (Lipinski definition) is 2. The van der Waals surface area contributed by atoms with Gasteiger partial charge in [-0.1, -0.05) is 0 Å². The zero-order valence-corrected chi connectivity index (χ0v) is 12.5. The lowest BCUT2D eigenvalue weighted by Crippen LogP contribution is -2.49. The summed E-state index contributed by atoms with van der Waals surface area (Å²) >= 11 is 0. The second-order valence-corrected chi connectivity index (χ2v) is 8.15. The van der Waals surface area contributed by atoms with E-state index >= 15 is 0 Å². The maximum atomic E-state index is 13.2. The van der Waals surface area contributed by atoms with Gasteiger partial charge in [-0.15, -0.1) is 0 Å². The number of carbonyl (C=O) groups is 1. The summed E-state index contributed by atoms with van der Waals surface area (Å²) in [5.74, 6) is 1.17. The van der Waals surface area contributed by atoms with Crippen LogP contribution in [0.2, 0.25) is 0 Å². The smallest absolute Gasteiger partial charge is 0.385 e. The van der Waals surface area contributed by atoms with Crippen molar-refractivity contribution in [2.45, 2.75) is 63.1 Å². The van der Waals surface area contributed by atoms with E-state index in [1.807, 2.05) is 0 Å². The Bertz CT molecular complexity index is 500. The van der Waals surface area contributed by atoms with E-state index in [9.17, 15) is 23.1 Å². The van der Waals surface area contributed by atoms with Gasteiger partial charge in [0.1, 0.15) is 0 Å². The lowest BCUT2D eigenvalue weighted by molar-refractivity contribution is -0.140. The van der Waals surface area contributed by atoms with Gasteiger partial charge in [0, 0.05) is 5.41 Å². The molecular formula is C17H21F3O2. The van der Waals surface area contributed by atoms with E-state index in [2.05, 4.69) is 0 Å². The number of carbonyl (C=O) groups excluding carboxylic acids is 1. The summed E-state index contributed by atoms with van der Waals surface area (Å²) in [6.45, 7) is 0. The van der Waals surface area contributed by atoms with Crippen LogP contribution in [0.3, 0.4) is 0 Å². The van der Waals surface area contributed by atoms with Crippen molar-refractivity contribution < 1.29 is 23.1 Å². The van der Waals surface area contributed by atoms with E-state index in [1.54, 1.807) is 0 Å². The van der Waals surface area contributed by atoms with Gasteiger partial charge in [-0.3, -0.25) is 4.79 Å². The molecule has 5 fully saturated rings. The molecule has 0 radical (unpaired) electrons. The first kappa shape index (κ1) is 14.7. The quantitative estimate of drug-likeness (QED) is 0.805. The molecule has 22 heavy (non-hydrogen) atoms. The fraction of sp³-hybridized carbons (Fsp3) is 0.824. The molecule has 0 spiro atoms. The van der Waals surface area contributed by atoms with Crippen LogP contribution in [0.15, 0.2) is 11.6 Å². The van der Waals surface area contributed by atoms with E-state index in [4.69, 9.17) is 0 Å². The third-order valence-corrected chi connectivity index (χ3v) is 6.37. The summed E-state index contributed by atoms with van der Waals surface area (Å²) in [6.07, 6.45) is 2.03. The number of aliphatic hydroxyl groups is 1. The number of ketones is 1. The minimum atomic E-state index is -4.62. The summed E-state index contributed by atoms with van der Waals surface area (Å²) in [5.41, 5.74) is -3.40. The summed E-state index contributed by atoms with van der Waals surface area (Å²) < 4.78 is 39.6. The van der Waals surface area contributed by atoms with Crippen molar-refractivity contribution in [2.75, 3.05) is 0 Å². The average Bonchev–Trinajstić information content (AvgIpc) is 3.11. The van der Waals surface area contributed by atoms with Gasteiger partial charge in [0.05, 0.1) is 11.2 Å². The summed E-state index contributed by atoms with van der Waals surface area (Å²) in [6, 6.07) is 0. The molecule has 0 amide bonds. The minimum absolute atomic E-state index is 0.104. The molecule has 0 heterocycles. The second kappa shape index (κ2) is 4.37. The SMILES string of the molecule is O=C(/C=C(/C(F)(F)F)C1(O)CC1)C12CC3CC(CC(C3)C1)C2. The molecule has 0 aromatic carbocycles. The predicted octanol–water partition coefficient (Wildman–Crippen LogP) is 3.79. The fourth-order valence-electron chi connectivity index (χ4n) is 5.56. The Morgan fingerprint density at radius 2 is 1.45 bits per heavy atom. The van der Waals surface area contributed by atoms with Crippen LogP contribution in [0.1, 0.15) is 51.4 Å². The van der Waals surface area contributed by atoms with Crippen LogP contribution in [0.25, 0.3) is 0 Å².